The number of nitrogens with one attached hydrogen (secondary N) is 1. The highest BCUT2D eigenvalue weighted by atomic mass is 19.4. The van der Waals surface area contributed by atoms with Crippen LogP contribution in [0.3, 0.4) is 0 Å². The second kappa shape index (κ2) is 7.67. The van der Waals surface area contributed by atoms with E-state index in [0.29, 0.717) is 5.75 Å². The number of halogens is 3. The van der Waals surface area contributed by atoms with Crippen molar-refractivity contribution in [2.45, 2.75) is 25.6 Å². The van der Waals surface area contributed by atoms with E-state index in [2.05, 4.69) is 10.1 Å². The zero-order valence-corrected chi connectivity index (χ0v) is 12.1. The molecule has 1 atom stereocenters. The van der Waals surface area contributed by atoms with E-state index in [-0.39, 0.29) is 6.42 Å². The van der Waals surface area contributed by atoms with Crippen molar-refractivity contribution < 1.29 is 32.2 Å². The summed E-state index contributed by atoms with van der Waals surface area (Å²) in [6.45, 7) is 0.663. The molecule has 0 aliphatic heterocycles. The summed E-state index contributed by atoms with van der Waals surface area (Å²) in [5.41, 5.74) is 0.752. The number of rotatable bonds is 6. The van der Waals surface area contributed by atoms with Gasteiger partial charge in [0.1, 0.15) is 12.4 Å². The second-order valence-corrected chi connectivity index (χ2v) is 4.55. The first kappa shape index (κ1) is 17.8. The largest absolute Gasteiger partial charge is 0.497 e. The molecule has 1 amide bonds. The molecule has 0 radical (unpaired) electrons. The van der Waals surface area contributed by atoms with Crippen LogP contribution in [0.2, 0.25) is 0 Å². The summed E-state index contributed by atoms with van der Waals surface area (Å²) >= 11 is 0. The van der Waals surface area contributed by atoms with Crippen molar-refractivity contribution in [2.75, 3.05) is 13.7 Å². The summed E-state index contributed by atoms with van der Waals surface area (Å²) in [6.07, 6.45) is -4.84. The molecule has 1 N–H and O–H groups in total. The van der Waals surface area contributed by atoms with Crippen molar-refractivity contribution in [3.8, 4) is 5.75 Å². The van der Waals surface area contributed by atoms with Gasteiger partial charge in [-0.15, -0.1) is 0 Å². The average Bonchev–Trinajstić information content (AvgIpc) is 2.43. The normalized spacial score (nSPS) is 12.4. The predicted molar refractivity (Wildman–Crippen MR) is 71.3 cm³/mol. The van der Waals surface area contributed by atoms with E-state index >= 15 is 0 Å². The number of ether oxygens (including phenoxy) is 2. The summed E-state index contributed by atoms with van der Waals surface area (Å²) in [5.74, 6) is -2.08. The Kier molecular flexibility index (Phi) is 6.21. The Morgan fingerprint density at radius 3 is 2.27 bits per heavy atom. The SMILES string of the molecule is COc1ccc(C[C@@H](COC(=O)C(F)(F)F)NC(C)=O)cc1. The van der Waals surface area contributed by atoms with Gasteiger partial charge >= 0.3 is 12.1 Å². The molecule has 0 saturated carbocycles. The van der Waals surface area contributed by atoms with Crippen LogP contribution in [0.15, 0.2) is 24.3 Å². The monoisotopic (exact) mass is 319 g/mol. The maximum absolute atomic E-state index is 12.1. The number of hydrogen-bond acceptors (Lipinski definition) is 4. The summed E-state index contributed by atoms with van der Waals surface area (Å²) in [5, 5.41) is 2.45. The van der Waals surface area contributed by atoms with Crippen LogP contribution in [0.1, 0.15) is 12.5 Å². The topological polar surface area (TPSA) is 64.6 Å². The van der Waals surface area contributed by atoms with E-state index < -0.39 is 30.7 Å². The highest BCUT2D eigenvalue weighted by Gasteiger charge is 2.41. The van der Waals surface area contributed by atoms with E-state index in [9.17, 15) is 22.8 Å². The van der Waals surface area contributed by atoms with Crippen LogP contribution in [-0.4, -0.2) is 37.8 Å². The van der Waals surface area contributed by atoms with Crippen LogP contribution in [0.25, 0.3) is 0 Å². The van der Waals surface area contributed by atoms with E-state index in [1.807, 2.05) is 0 Å². The molecule has 8 heteroatoms. The Labute approximate surface area is 125 Å². The van der Waals surface area contributed by atoms with Crippen LogP contribution in [0.5, 0.6) is 5.75 Å². The minimum Gasteiger partial charge on any atom is -0.497 e. The van der Waals surface area contributed by atoms with Gasteiger partial charge in [-0.05, 0) is 24.1 Å². The molecular formula is C14H16F3NO4. The van der Waals surface area contributed by atoms with Crippen molar-refractivity contribution in [2.24, 2.45) is 0 Å². The minimum absolute atomic E-state index is 0.217. The molecule has 1 rings (SSSR count). The summed E-state index contributed by atoms with van der Waals surface area (Å²) in [7, 11) is 1.51. The Hall–Kier alpha value is -2.25. The molecule has 0 unspecified atom stereocenters. The lowest BCUT2D eigenvalue weighted by atomic mass is 10.1. The van der Waals surface area contributed by atoms with Gasteiger partial charge in [0.15, 0.2) is 0 Å². The number of carbonyl (C=O) groups excluding carboxylic acids is 2. The molecule has 0 aromatic heterocycles. The average molecular weight is 319 g/mol. The molecule has 0 aliphatic rings. The van der Waals surface area contributed by atoms with Gasteiger partial charge in [0, 0.05) is 6.92 Å². The maximum Gasteiger partial charge on any atom is 0.490 e. The van der Waals surface area contributed by atoms with Gasteiger partial charge in [-0.2, -0.15) is 13.2 Å². The van der Waals surface area contributed by atoms with Crippen molar-refractivity contribution in [3.63, 3.8) is 0 Å². The Morgan fingerprint density at radius 2 is 1.82 bits per heavy atom. The van der Waals surface area contributed by atoms with Gasteiger partial charge in [-0.1, -0.05) is 12.1 Å². The van der Waals surface area contributed by atoms with Gasteiger partial charge in [0.05, 0.1) is 13.2 Å². The first-order valence-corrected chi connectivity index (χ1v) is 6.36. The number of hydrogen-bond donors (Lipinski definition) is 1. The Bertz CT molecular complexity index is 514. The van der Waals surface area contributed by atoms with E-state index in [1.54, 1.807) is 24.3 Å². The van der Waals surface area contributed by atoms with Crippen LogP contribution in [0, 0.1) is 0 Å². The zero-order chi connectivity index (χ0) is 16.8. The lowest BCUT2D eigenvalue weighted by molar-refractivity contribution is -0.200. The number of benzene rings is 1. The van der Waals surface area contributed by atoms with Gasteiger partial charge in [-0.3, -0.25) is 4.79 Å². The summed E-state index contributed by atoms with van der Waals surface area (Å²) in [4.78, 5) is 21.8. The smallest absolute Gasteiger partial charge is 0.490 e. The number of esters is 1. The zero-order valence-electron chi connectivity index (χ0n) is 12.1. The maximum atomic E-state index is 12.1. The number of alkyl halides is 3. The van der Waals surface area contributed by atoms with E-state index in [4.69, 9.17) is 4.74 Å². The lowest BCUT2D eigenvalue weighted by Crippen LogP contribution is -2.40. The fourth-order valence-corrected chi connectivity index (χ4v) is 1.74. The molecular weight excluding hydrogens is 303 g/mol. The molecule has 122 valence electrons. The van der Waals surface area contributed by atoms with Crippen molar-refractivity contribution >= 4 is 11.9 Å². The van der Waals surface area contributed by atoms with E-state index in [0.717, 1.165) is 5.56 Å². The second-order valence-electron chi connectivity index (χ2n) is 4.55. The minimum atomic E-state index is -5.05. The molecule has 0 aliphatic carbocycles. The van der Waals surface area contributed by atoms with Gasteiger partial charge in [0.25, 0.3) is 0 Å². The molecule has 0 spiro atoms. The molecule has 1 aromatic rings. The standard InChI is InChI=1S/C14H16F3NO4/c1-9(19)18-11(8-22-13(20)14(15,16)17)7-10-3-5-12(21-2)6-4-10/h3-6,11H,7-8H2,1-2H3,(H,18,19)/t11-/m0/s1. The third-order valence-electron chi connectivity index (χ3n) is 2.70. The highest BCUT2D eigenvalue weighted by Crippen LogP contribution is 2.17. The Balaban J connectivity index is 2.67. The molecule has 0 saturated heterocycles. The predicted octanol–water partition coefficient (Wildman–Crippen LogP) is 1.85. The lowest BCUT2D eigenvalue weighted by Gasteiger charge is -2.18. The van der Waals surface area contributed by atoms with Crippen LogP contribution >= 0.6 is 0 Å². The molecule has 0 fully saturated rings. The Morgan fingerprint density at radius 1 is 1.23 bits per heavy atom. The van der Waals surface area contributed by atoms with Gasteiger partial charge in [-0.25, -0.2) is 4.79 Å². The van der Waals surface area contributed by atoms with Crippen LogP contribution in [-0.2, 0) is 20.7 Å². The molecule has 0 heterocycles. The molecule has 22 heavy (non-hydrogen) atoms. The summed E-state index contributed by atoms with van der Waals surface area (Å²) in [6, 6.07) is 6.03. The fraction of sp³-hybridized carbons (Fsp3) is 0.429. The van der Waals surface area contributed by atoms with Gasteiger partial charge in [0.2, 0.25) is 5.91 Å². The highest BCUT2D eigenvalue weighted by molar-refractivity contribution is 5.76. The molecule has 5 nitrogen and oxygen atoms in total. The third-order valence-corrected chi connectivity index (χ3v) is 2.70. The number of amides is 1. The van der Waals surface area contributed by atoms with Crippen molar-refractivity contribution in [1.29, 1.82) is 0 Å². The number of carbonyl (C=O) groups is 2. The third kappa shape index (κ3) is 6.02. The van der Waals surface area contributed by atoms with Crippen LogP contribution in [0.4, 0.5) is 13.2 Å². The van der Waals surface area contributed by atoms with Crippen LogP contribution < -0.4 is 10.1 Å². The first-order valence-electron chi connectivity index (χ1n) is 6.36. The number of methoxy groups -OCH3 is 1. The van der Waals surface area contributed by atoms with Crippen molar-refractivity contribution in [1.82, 2.24) is 5.32 Å². The van der Waals surface area contributed by atoms with Crippen molar-refractivity contribution in [3.05, 3.63) is 29.8 Å². The quantitative estimate of drug-likeness (QED) is 0.813. The fourth-order valence-electron chi connectivity index (χ4n) is 1.74. The molecule has 1 aromatic carbocycles. The van der Waals surface area contributed by atoms with E-state index in [1.165, 1.54) is 14.0 Å². The summed E-state index contributed by atoms with van der Waals surface area (Å²) < 4.78 is 45.5. The first-order chi connectivity index (χ1) is 10.2. The molecule has 0 bridgehead atoms. The van der Waals surface area contributed by atoms with Gasteiger partial charge < -0.3 is 14.8 Å².